The number of nitrogens with zero attached hydrogens (tertiary/aromatic N) is 3. The Balaban J connectivity index is 1.69. The monoisotopic (exact) mass is 283 g/mol. The largest absolute Gasteiger partial charge is 0.349 e. The van der Waals surface area contributed by atoms with E-state index in [1.165, 1.54) is 0 Å². The van der Waals surface area contributed by atoms with Crippen LogP contribution in [0.5, 0.6) is 0 Å². The number of carbonyl (C=O) groups excluding carboxylic acids is 1. The molecule has 0 unspecified atom stereocenters. The van der Waals surface area contributed by atoms with Gasteiger partial charge in [0.05, 0.1) is 12.2 Å². The second-order valence-electron chi connectivity index (χ2n) is 5.14. The lowest BCUT2D eigenvalue weighted by Gasteiger charge is -2.08. The molecule has 6 nitrogen and oxygen atoms in total. The van der Waals surface area contributed by atoms with Crippen molar-refractivity contribution in [2.24, 2.45) is 0 Å². The van der Waals surface area contributed by atoms with Crippen molar-refractivity contribution < 1.29 is 4.79 Å². The third kappa shape index (κ3) is 3.75. The van der Waals surface area contributed by atoms with Gasteiger partial charge in [-0.05, 0) is 38.0 Å². The molecule has 1 fully saturated rings. The maximum absolute atomic E-state index is 12.0. The van der Waals surface area contributed by atoms with Crippen molar-refractivity contribution in [3.05, 3.63) is 47.5 Å². The lowest BCUT2D eigenvalue weighted by molar-refractivity contribution is 0.0946. The molecule has 1 aliphatic carbocycles. The minimum atomic E-state index is -0.135. The van der Waals surface area contributed by atoms with Crippen LogP contribution in [0.1, 0.15) is 34.7 Å². The van der Waals surface area contributed by atoms with E-state index >= 15 is 0 Å². The molecule has 2 aromatic heterocycles. The Kier molecular flexibility index (Phi) is 3.77. The van der Waals surface area contributed by atoms with E-state index in [1.54, 1.807) is 12.3 Å². The van der Waals surface area contributed by atoms with Gasteiger partial charge in [0.15, 0.2) is 0 Å². The van der Waals surface area contributed by atoms with Crippen molar-refractivity contribution in [1.29, 1.82) is 0 Å². The molecular weight excluding hydrogens is 266 g/mol. The smallest absolute Gasteiger partial charge is 0.270 e. The van der Waals surface area contributed by atoms with Gasteiger partial charge in [0, 0.05) is 17.9 Å². The highest BCUT2D eigenvalue weighted by molar-refractivity contribution is 5.93. The van der Waals surface area contributed by atoms with Crippen LogP contribution in [0.3, 0.4) is 0 Å². The molecule has 1 saturated carbocycles. The normalized spacial score (nSPS) is 13.8. The topological polar surface area (TPSA) is 79.8 Å². The van der Waals surface area contributed by atoms with Crippen LogP contribution < -0.4 is 10.6 Å². The number of carbonyl (C=O) groups is 1. The van der Waals surface area contributed by atoms with Crippen molar-refractivity contribution in [3.8, 4) is 0 Å². The fraction of sp³-hybridized carbons (Fsp3) is 0.333. The number of hydrogen-bond donors (Lipinski definition) is 2. The van der Waals surface area contributed by atoms with E-state index in [0.717, 1.165) is 24.2 Å². The third-order valence-corrected chi connectivity index (χ3v) is 3.15. The zero-order valence-corrected chi connectivity index (χ0v) is 11.8. The first-order valence-electron chi connectivity index (χ1n) is 7.01. The molecule has 0 spiro atoms. The zero-order valence-electron chi connectivity index (χ0n) is 11.8. The molecule has 108 valence electrons. The minimum absolute atomic E-state index is 0.135. The second kappa shape index (κ2) is 5.87. The SMILES string of the molecule is Cc1cc(C(=O)NC2CC2)nc(NCc2ccccn2)n1. The summed E-state index contributed by atoms with van der Waals surface area (Å²) in [7, 11) is 0. The Morgan fingerprint density at radius 3 is 2.90 bits per heavy atom. The molecule has 6 heteroatoms. The summed E-state index contributed by atoms with van der Waals surface area (Å²) in [5.74, 6) is 0.311. The van der Waals surface area contributed by atoms with Crippen molar-refractivity contribution in [2.45, 2.75) is 32.4 Å². The van der Waals surface area contributed by atoms with E-state index in [1.807, 2.05) is 25.1 Å². The molecule has 2 heterocycles. The van der Waals surface area contributed by atoms with Crippen molar-refractivity contribution in [1.82, 2.24) is 20.3 Å². The maximum atomic E-state index is 12.0. The standard InChI is InChI=1S/C15H17N5O/c1-10-8-13(14(21)19-11-5-6-11)20-15(18-10)17-9-12-4-2-3-7-16-12/h2-4,7-8,11H,5-6,9H2,1H3,(H,19,21)(H,17,18,20). The fourth-order valence-corrected chi connectivity index (χ4v) is 1.92. The van der Waals surface area contributed by atoms with Gasteiger partial charge in [-0.1, -0.05) is 6.07 Å². The van der Waals surface area contributed by atoms with E-state index < -0.39 is 0 Å². The molecule has 0 atom stereocenters. The highest BCUT2D eigenvalue weighted by Crippen LogP contribution is 2.19. The lowest BCUT2D eigenvalue weighted by Crippen LogP contribution is -2.26. The van der Waals surface area contributed by atoms with Crippen molar-refractivity contribution in [3.63, 3.8) is 0 Å². The summed E-state index contributed by atoms with van der Waals surface area (Å²) >= 11 is 0. The average molecular weight is 283 g/mol. The molecule has 3 rings (SSSR count). The molecule has 0 bridgehead atoms. The summed E-state index contributed by atoms with van der Waals surface area (Å²) in [5, 5.41) is 6.03. The van der Waals surface area contributed by atoms with Crippen LogP contribution >= 0.6 is 0 Å². The number of amides is 1. The van der Waals surface area contributed by atoms with Gasteiger partial charge in [0.25, 0.3) is 5.91 Å². The number of hydrogen-bond acceptors (Lipinski definition) is 5. The number of aromatic nitrogens is 3. The number of nitrogens with one attached hydrogen (secondary N) is 2. The summed E-state index contributed by atoms with van der Waals surface area (Å²) in [4.78, 5) is 24.8. The molecule has 0 radical (unpaired) electrons. The number of rotatable bonds is 5. The van der Waals surface area contributed by atoms with Crippen LogP contribution in [0.4, 0.5) is 5.95 Å². The van der Waals surface area contributed by atoms with Crippen LogP contribution in [-0.2, 0) is 6.54 Å². The van der Waals surface area contributed by atoms with Crippen LogP contribution in [0.15, 0.2) is 30.5 Å². The zero-order chi connectivity index (χ0) is 14.7. The van der Waals surface area contributed by atoms with Gasteiger partial charge >= 0.3 is 0 Å². The molecule has 2 N–H and O–H groups in total. The van der Waals surface area contributed by atoms with Gasteiger partial charge in [0.2, 0.25) is 5.95 Å². The quantitative estimate of drug-likeness (QED) is 0.872. The van der Waals surface area contributed by atoms with E-state index in [2.05, 4.69) is 25.6 Å². The summed E-state index contributed by atoms with van der Waals surface area (Å²) in [6, 6.07) is 7.73. The second-order valence-corrected chi connectivity index (χ2v) is 5.14. The van der Waals surface area contributed by atoms with Crippen LogP contribution in [0, 0.1) is 6.92 Å². The third-order valence-electron chi connectivity index (χ3n) is 3.15. The van der Waals surface area contributed by atoms with Crippen LogP contribution in [-0.4, -0.2) is 26.9 Å². The van der Waals surface area contributed by atoms with Crippen LogP contribution in [0.2, 0.25) is 0 Å². The Bertz CT molecular complexity index is 640. The summed E-state index contributed by atoms with van der Waals surface area (Å²) in [5.41, 5.74) is 2.05. The first-order chi connectivity index (χ1) is 10.2. The first kappa shape index (κ1) is 13.5. The molecule has 21 heavy (non-hydrogen) atoms. The Morgan fingerprint density at radius 2 is 2.19 bits per heavy atom. The molecule has 0 aromatic carbocycles. The molecular formula is C15H17N5O. The summed E-state index contributed by atoms with van der Waals surface area (Å²) < 4.78 is 0. The number of pyridine rings is 1. The lowest BCUT2D eigenvalue weighted by atomic mass is 10.3. The minimum Gasteiger partial charge on any atom is -0.349 e. The van der Waals surface area contributed by atoms with Gasteiger partial charge in [-0.2, -0.15) is 0 Å². The van der Waals surface area contributed by atoms with Crippen LogP contribution in [0.25, 0.3) is 0 Å². The van der Waals surface area contributed by atoms with Gasteiger partial charge in [-0.3, -0.25) is 9.78 Å². The highest BCUT2D eigenvalue weighted by atomic mass is 16.2. The van der Waals surface area contributed by atoms with Crippen molar-refractivity contribution in [2.75, 3.05) is 5.32 Å². The van der Waals surface area contributed by atoms with Gasteiger partial charge < -0.3 is 10.6 Å². The Hall–Kier alpha value is -2.50. The molecule has 0 saturated heterocycles. The first-order valence-corrected chi connectivity index (χ1v) is 7.01. The van der Waals surface area contributed by atoms with E-state index in [0.29, 0.717) is 24.2 Å². The maximum Gasteiger partial charge on any atom is 0.270 e. The summed E-state index contributed by atoms with van der Waals surface area (Å²) in [6.45, 7) is 2.37. The number of anilines is 1. The Morgan fingerprint density at radius 1 is 1.33 bits per heavy atom. The number of aryl methyl sites for hydroxylation is 1. The highest BCUT2D eigenvalue weighted by Gasteiger charge is 2.24. The molecule has 1 amide bonds. The van der Waals surface area contributed by atoms with Gasteiger partial charge in [-0.15, -0.1) is 0 Å². The van der Waals surface area contributed by atoms with E-state index in [4.69, 9.17) is 0 Å². The summed E-state index contributed by atoms with van der Waals surface area (Å²) in [6.07, 6.45) is 3.85. The predicted molar refractivity (Wildman–Crippen MR) is 78.8 cm³/mol. The average Bonchev–Trinajstić information content (AvgIpc) is 3.29. The van der Waals surface area contributed by atoms with E-state index in [-0.39, 0.29) is 5.91 Å². The fourth-order valence-electron chi connectivity index (χ4n) is 1.92. The Labute approximate surface area is 123 Å². The molecule has 0 aliphatic heterocycles. The molecule has 1 aliphatic rings. The predicted octanol–water partition coefficient (Wildman–Crippen LogP) is 1.68. The van der Waals surface area contributed by atoms with E-state index in [9.17, 15) is 4.79 Å². The van der Waals surface area contributed by atoms with Gasteiger partial charge in [-0.25, -0.2) is 9.97 Å². The van der Waals surface area contributed by atoms with Gasteiger partial charge in [0.1, 0.15) is 5.69 Å². The molecule has 2 aromatic rings. The van der Waals surface area contributed by atoms with Crippen molar-refractivity contribution >= 4 is 11.9 Å².